The van der Waals surface area contributed by atoms with Crippen molar-refractivity contribution < 1.29 is 22.4 Å². The summed E-state index contributed by atoms with van der Waals surface area (Å²) in [7, 11) is -2.53. The van der Waals surface area contributed by atoms with Gasteiger partial charge in [0.1, 0.15) is 18.4 Å². The molecule has 3 aromatic carbocycles. The molecule has 9 heteroatoms. The Bertz CT molecular complexity index is 1320. The van der Waals surface area contributed by atoms with Crippen molar-refractivity contribution in [2.24, 2.45) is 0 Å². The van der Waals surface area contributed by atoms with Crippen LogP contribution in [0.15, 0.2) is 78.9 Å². The molecule has 1 atom stereocenters. The number of likely N-dealkylation sites (N-methyl/N-ethyl adjacent to an activating group) is 1. The van der Waals surface area contributed by atoms with E-state index in [4.69, 9.17) is 0 Å². The number of anilines is 1. The second-order valence-corrected chi connectivity index (χ2v) is 10.5. The van der Waals surface area contributed by atoms with Crippen molar-refractivity contribution in [3.63, 3.8) is 0 Å². The summed E-state index contributed by atoms with van der Waals surface area (Å²) in [6.45, 7) is 1.33. The summed E-state index contributed by atoms with van der Waals surface area (Å²) in [4.78, 5) is 28.1. The first kappa shape index (κ1) is 26.9. The highest BCUT2D eigenvalue weighted by molar-refractivity contribution is 7.92. The average molecular weight is 512 g/mol. The first-order valence-electron chi connectivity index (χ1n) is 11.4. The highest BCUT2D eigenvalue weighted by Crippen LogP contribution is 2.23. The fourth-order valence-corrected chi connectivity index (χ4v) is 4.83. The summed E-state index contributed by atoms with van der Waals surface area (Å²) < 4.78 is 40.5. The third-order valence-electron chi connectivity index (χ3n) is 5.75. The van der Waals surface area contributed by atoms with Gasteiger partial charge in [0.2, 0.25) is 21.8 Å². The van der Waals surface area contributed by atoms with Crippen molar-refractivity contribution in [2.75, 3.05) is 24.2 Å². The highest BCUT2D eigenvalue weighted by Gasteiger charge is 2.33. The Balaban J connectivity index is 2.04. The van der Waals surface area contributed by atoms with Crippen LogP contribution in [0, 0.1) is 12.7 Å². The average Bonchev–Trinajstić information content (AvgIpc) is 2.84. The number of rotatable bonds is 10. The molecule has 190 valence electrons. The lowest BCUT2D eigenvalue weighted by Crippen LogP contribution is -2.53. The molecule has 0 spiro atoms. The molecule has 36 heavy (non-hydrogen) atoms. The van der Waals surface area contributed by atoms with Crippen LogP contribution in [0.25, 0.3) is 0 Å². The van der Waals surface area contributed by atoms with Gasteiger partial charge in [-0.05, 0) is 30.2 Å². The van der Waals surface area contributed by atoms with E-state index in [2.05, 4.69) is 5.32 Å². The summed E-state index contributed by atoms with van der Waals surface area (Å²) in [6.07, 6.45) is 1.13. The molecule has 0 aliphatic heterocycles. The van der Waals surface area contributed by atoms with E-state index >= 15 is 0 Å². The third-order valence-corrected chi connectivity index (χ3v) is 6.88. The molecule has 0 aromatic heterocycles. The Kier molecular flexibility index (Phi) is 8.82. The standard InChI is InChI=1S/C27H30FN3O4S/c1-20-10-9-13-22(16-20)18-30(25(27(33)29-2)17-21-11-5-4-6-12-21)26(32)19-31(36(3,34)35)24-15-8-7-14-23(24)28/h4-16,25H,17-19H2,1-3H3,(H,29,33)/t25-/m1/s1. The van der Waals surface area contributed by atoms with Gasteiger partial charge in [-0.3, -0.25) is 13.9 Å². The number of para-hydroxylation sites is 1. The van der Waals surface area contributed by atoms with Crippen molar-refractivity contribution in [1.29, 1.82) is 0 Å². The van der Waals surface area contributed by atoms with Crippen LogP contribution in [0.2, 0.25) is 0 Å². The minimum Gasteiger partial charge on any atom is -0.357 e. The lowest BCUT2D eigenvalue weighted by molar-refractivity contribution is -0.139. The van der Waals surface area contributed by atoms with Crippen LogP contribution in [0.1, 0.15) is 16.7 Å². The lowest BCUT2D eigenvalue weighted by Gasteiger charge is -2.33. The van der Waals surface area contributed by atoms with Crippen LogP contribution >= 0.6 is 0 Å². The molecule has 1 N–H and O–H groups in total. The molecule has 0 fully saturated rings. The Morgan fingerprint density at radius 3 is 2.19 bits per heavy atom. The molecule has 0 aliphatic carbocycles. The Morgan fingerprint density at radius 2 is 1.58 bits per heavy atom. The zero-order valence-electron chi connectivity index (χ0n) is 20.5. The minimum atomic E-state index is -4.01. The zero-order chi connectivity index (χ0) is 26.3. The largest absolute Gasteiger partial charge is 0.357 e. The summed E-state index contributed by atoms with van der Waals surface area (Å²) in [5, 5.41) is 2.62. The molecule has 3 aromatic rings. The van der Waals surface area contributed by atoms with E-state index in [0.29, 0.717) is 0 Å². The van der Waals surface area contributed by atoms with Gasteiger partial charge in [-0.25, -0.2) is 12.8 Å². The van der Waals surface area contributed by atoms with Gasteiger partial charge in [-0.1, -0.05) is 72.3 Å². The zero-order valence-corrected chi connectivity index (χ0v) is 21.3. The Hall–Kier alpha value is -3.72. The number of aryl methyl sites for hydroxylation is 1. The van der Waals surface area contributed by atoms with Crippen LogP contribution in [0.5, 0.6) is 0 Å². The maximum Gasteiger partial charge on any atom is 0.244 e. The number of benzene rings is 3. The predicted octanol–water partition coefficient (Wildman–Crippen LogP) is 3.29. The van der Waals surface area contributed by atoms with E-state index in [-0.39, 0.29) is 18.7 Å². The normalized spacial score (nSPS) is 12.0. The van der Waals surface area contributed by atoms with Gasteiger partial charge in [-0.2, -0.15) is 0 Å². The monoisotopic (exact) mass is 511 g/mol. The van der Waals surface area contributed by atoms with E-state index in [0.717, 1.165) is 33.3 Å². The predicted molar refractivity (Wildman–Crippen MR) is 138 cm³/mol. The van der Waals surface area contributed by atoms with Gasteiger partial charge < -0.3 is 10.2 Å². The maximum atomic E-state index is 14.5. The van der Waals surface area contributed by atoms with Gasteiger partial charge in [0, 0.05) is 20.0 Å². The second kappa shape index (κ2) is 11.8. The molecule has 0 aliphatic rings. The first-order chi connectivity index (χ1) is 17.1. The fourth-order valence-electron chi connectivity index (χ4n) is 3.98. The number of amides is 2. The van der Waals surface area contributed by atoms with E-state index in [1.165, 1.54) is 30.1 Å². The molecule has 0 bridgehead atoms. The maximum absolute atomic E-state index is 14.5. The molecule has 7 nitrogen and oxygen atoms in total. The number of nitrogens with zero attached hydrogens (tertiary/aromatic N) is 2. The second-order valence-electron chi connectivity index (χ2n) is 8.55. The van der Waals surface area contributed by atoms with E-state index in [1.54, 1.807) is 0 Å². The number of sulfonamides is 1. The molecule has 2 amide bonds. The SMILES string of the molecule is CNC(=O)[C@@H](Cc1ccccc1)N(Cc1cccc(C)c1)C(=O)CN(c1ccccc1F)S(C)(=O)=O. The van der Waals surface area contributed by atoms with Crippen LogP contribution in [-0.4, -0.2) is 51.0 Å². The summed E-state index contributed by atoms with van der Waals surface area (Å²) >= 11 is 0. The van der Waals surface area contributed by atoms with Crippen LogP contribution in [0.4, 0.5) is 10.1 Å². The lowest BCUT2D eigenvalue weighted by atomic mass is 10.0. The number of halogens is 1. The Labute approximate surface area is 211 Å². The minimum absolute atomic E-state index is 0.0697. The number of hydrogen-bond donors (Lipinski definition) is 1. The van der Waals surface area contributed by atoms with Crippen molar-refractivity contribution in [1.82, 2.24) is 10.2 Å². The molecule has 0 radical (unpaired) electrons. The van der Waals surface area contributed by atoms with Crippen LogP contribution in [-0.2, 0) is 32.6 Å². The number of hydrogen-bond acceptors (Lipinski definition) is 4. The highest BCUT2D eigenvalue weighted by atomic mass is 32.2. The number of carbonyl (C=O) groups is 2. The fraction of sp³-hybridized carbons (Fsp3) is 0.259. The molecular weight excluding hydrogens is 481 g/mol. The summed E-state index contributed by atoms with van der Waals surface area (Å²) in [5.41, 5.74) is 2.36. The molecule has 0 heterocycles. The quantitative estimate of drug-likeness (QED) is 0.453. The van der Waals surface area contributed by atoms with Crippen molar-refractivity contribution >= 4 is 27.5 Å². The number of nitrogens with one attached hydrogen (secondary N) is 1. The van der Waals surface area contributed by atoms with Crippen molar-refractivity contribution in [2.45, 2.75) is 25.9 Å². The van der Waals surface area contributed by atoms with Gasteiger partial charge in [0.15, 0.2) is 0 Å². The molecular formula is C27H30FN3O4S. The van der Waals surface area contributed by atoms with E-state index in [9.17, 15) is 22.4 Å². The summed E-state index contributed by atoms with van der Waals surface area (Å²) in [5.74, 6) is -1.79. The van der Waals surface area contributed by atoms with Gasteiger partial charge in [0.25, 0.3) is 0 Å². The van der Waals surface area contributed by atoms with Crippen molar-refractivity contribution in [3.8, 4) is 0 Å². The van der Waals surface area contributed by atoms with Gasteiger partial charge in [-0.15, -0.1) is 0 Å². The van der Waals surface area contributed by atoms with Crippen LogP contribution in [0.3, 0.4) is 0 Å². The third kappa shape index (κ3) is 6.91. The Morgan fingerprint density at radius 1 is 0.944 bits per heavy atom. The van der Waals surface area contributed by atoms with E-state index in [1.807, 2.05) is 61.5 Å². The number of carbonyl (C=O) groups excluding carboxylic acids is 2. The first-order valence-corrected chi connectivity index (χ1v) is 13.3. The van der Waals surface area contributed by atoms with Crippen LogP contribution < -0.4 is 9.62 Å². The topological polar surface area (TPSA) is 86.8 Å². The van der Waals surface area contributed by atoms with Gasteiger partial charge in [0.05, 0.1) is 11.9 Å². The smallest absolute Gasteiger partial charge is 0.244 e. The molecule has 3 rings (SSSR count). The molecule has 0 saturated carbocycles. The summed E-state index contributed by atoms with van der Waals surface area (Å²) in [6, 6.07) is 21.2. The molecule has 0 unspecified atom stereocenters. The van der Waals surface area contributed by atoms with E-state index < -0.39 is 40.2 Å². The molecule has 0 saturated heterocycles. The van der Waals surface area contributed by atoms with Gasteiger partial charge >= 0.3 is 0 Å². The van der Waals surface area contributed by atoms with Crippen molar-refractivity contribution in [3.05, 3.63) is 101 Å².